The number of hydrogen-bond donors (Lipinski definition) is 1. The minimum Gasteiger partial charge on any atom is -0.492 e. The van der Waals surface area contributed by atoms with Gasteiger partial charge in [0.1, 0.15) is 18.4 Å². The topological polar surface area (TPSA) is 75.7 Å². The predicted molar refractivity (Wildman–Crippen MR) is 126 cm³/mol. The van der Waals surface area contributed by atoms with Gasteiger partial charge >= 0.3 is 0 Å². The smallest absolute Gasteiger partial charge is 0.243 e. The molecule has 1 atom stereocenters. The van der Waals surface area contributed by atoms with Crippen molar-refractivity contribution in [2.75, 3.05) is 23.7 Å². The summed E-state index contributed by atoms with van der Waals surface area (Å²) >= 11 is 0. The summed E-state index contributed by atoms with van der Waals surface area (Å²) < 4.78 is 31.7. The van der Waals surface area contributed by atoms with Gasteiger partial charge in [-0.15, -0.1) is 0 Å². The van der Waals surface area contributed by atoms with E-state index in [4.69, 9.17) is 4.74 Å². The van der Waals surface area contributed by atoms with Crippen molar-refractivity contribution in [2.45, 2.75) is 53.0 Å². The number of anilines is 1. The van der Waals surface area contributed by atoms with Crippen LogP contribution in [0.2, 0.25) is 0 Å². The van der Waals surface area contributed by atoms with Crippen LogP contribution in [0.3, 0.4) is 0 Å². The van der Waals surface area contributed by atoms with Crippen LogP contribution < -0.4 is 14.4 Å². The van der Waals surface area contributed by atoms with Crippen molar-refractivity contribution < 1.29 is 17.9 Å². The second-order valence-corrected chi connectivity index (χ2v) is 10.9. The zero-order valence-electron chi connectivity index (χ0n) is 19.5. The van der Waals surface area contributed by atoms with Gasteiger partial charge in [0.2, 0.25) is 15.9 Å². The first-order valence-corrected chi connectivity index (χ1v) is 12.2. The van der Waals surface area contributed by atoms with E-state index in [0.29, 0.717) is 5.69 Å². The summed E-state index contributed by atoms with van der Waals surface area (Å²) in [6, 6.07) is 12.5. The van der Waals surface area contributed by atoms with Gasteiger partial charge in [-0.1, -0.05) is 39.0 Å². The monoisotopic (exact) mass is 446 g/mol. The minimum atomic E-state index is -3.64. The van der Waals surface area contributed by atoms with E-state index in [0.717, 1.165) is 27.4 Å². The molecule has 0 aliphatic rings. The molecule has 7 heteroatoms. The number of ether oxygens (including phenoxy) is 1. The number of nitrogens with zero attached hydrogens (tertiary/aromatic N) is 1. The Labute approximate surface area is 186 Å². The van der Waals surface area contributed by atoms with Gasteiger partial charge in [-0.2, -0.15) is 0 Å². The third kappa shape index (κ3) is 6.99. The van der Waals surface area contributed by atoms with E-state index in [1.165, 1.54) is 5.56 Å². The highest BCUT2D eigenvalue weighted by molar-refractivity contribution is 7.92. The standard InChI is InChI=1S/C24H34N2O4S/c1-17-14-18(2)16-21(15-17)26(31(7,28)29)19(3)23(27)25-12-13-30-22-10-8-20(9-11-22)24(4,5)6/h8-11,14-16,19H,12-13H2,1-7H3,(H,25,27)/t19-/m0/s1. The molecule has 0 spiro atoms. The average Bonchev–Trinajstić information content (AvgIpc) is 2.62. The lowest BCUT2D eigenvalue weighted by molar-refractivity contribution is -0.121. The molecule has 0 heterocycles. The second kappa shape index (κ2) is 9.73. The fraction of sp³-hybridized carbons (Fsp3) is 0.458. The first-order chi connectivity index (χ1) is 14.3. The highest BCUT2D eigenvalue weighted by Crippen LogP contribution is 2.25. The number of benzene rings is 2. The van der Waals surface area contributed by atoms with E-state index >= 15 is 0 Å². The van der Waals surface area contributed by atoms with Gasteiger partial charge in [-0.25, -0.2) is 8.42 Å². The maximum Gasteiger partial charge on any atom is 0.243 e. The molecular weight excluding hydrogens is 412 g/mol. The third-order valence-electron chi connectivity index (χ3n) is 4.94. The molecule has 170 valence electrons. The molecule has 0 aliphatic heterocycles. The van der Waals surface area contributed by atoms with Gasteiger partial charge in [0.05, 0.1) is 18.5 Å². The average molecular weight is 447 g/mol. The van der Waals surface area contributed by atoms with Gasteiger partial charge in [-0.3, -0.25) is 9.10 Å². The van der Waals surface area contributed by atoms with Crippen LogP contribution in [-0.4, -0.2) is 39.8 Å². The van der Waals surface area contributed by atoms with Gasteiger partial charge in [-0.05, 0) is 67.1 Å². The maximum absolute atomic E-state index is 12.7. The molecular formula is C24H34N2O4S. The quantitative estimate of drug-likeness (QED) is 0.623. The molecule has 0 bridgehead atoms. The normalized spacial score (nSPS) is 12.9. The van der Waals surface area contributed by atoms with Crippen LogP contribution in [0.5, 0.6) is 5.75 Å². The Morgan fingerprint density at radius 2 is 1.61 bits per heavy atom. The van der Waals surface area contributed by atoms with Crippen molar-refractivity contribution in [1.29, 1.82) is 0 Å². The number of hydrogen-bond acceptors (Lipinski definition) is 4. The van der Waals surface area contributed by atoms with E-state index in [1.807, 2.05) is 44.2 Å². The summed E-state index contributed by atoms with van der Waals surface area (Å²) in [5.41, 5.74) is 3.64. The lowest BCUT2D eigenvalue weighted by Gasteiger charge is -2.28. The Morgan fingerprint density at radius 3 is 2.10 bits per heavy atom. The Morgan fingerprint density at radius 1 is 1.06 bits per heavy atom. The Kier molecular flexibility index (Phi) is 7.76. The van der Waals surface area contributed by atoms with Crippen LogP contribution in [-0.2, 0) is 20.2 Å². The summed E-state index contributed by atoms with van der Waals surface area (Å²) in [6.07, 6.45) is 1.11. The van der Waals surface area contributed by atoms with Crippen molar-refractivity contribution >= 4 is 21.6 Å². The summed E-state index contributed by atoms with van der Waals surface area (Å²) in [4.78, 5) is 12.7. The number of nitrogens with one attached hydrogen (secondary N) is 1. The van der Waals surface area contributed by atoms with E-state index < -0.39 is 16.1 Å². The van der Waals surface area contributed by atoms with Gasteiger partial charge in [0.15, 0.2) is 0 Å². The van der Waals surface area contributed by atoms with Gasteiger partial charge in [0.25, 0.3) is 0 Å². The molecule has 0 aromatic heterocycles. The van der Waals surface area contributed by atoms with E-state index in [2.05, 4.69) is 26.1 Å². The minimum absolute atomic E-state index is 0.0734. The Hall–Kier alpha value is -2.54. The van der Waals surface area contributed by atoms with Crippen molar-refractivity contribution in [1.82, 2.24) is 5.32 Å². The van der Waals surface area contributed by atoms with Crippen LogP contribution in [0, 0.1) is 13.8 Å². The number of rotatable bonds is 8. The Bertz CT molecular complexity index is 989. The molecule has 6 nitrogen and oxygen atoms in total. The fourth-order valence-electron chi connectivity index (χ4n) is 3.43. The summed E-state index contributed by atoms with van der Waals surface area (Å²) in [5, 5.41) is 2.77. The highest BCUT2D eigenvalue weighted by Gasteiger charge is 2.29. The van der Waals surface area contributed by atoms with Crippen molar-refractivity contribution in [3.05, 3.63) is 59.2 Å². The van der Waals surface area contributed by atoms with Crippen molar-refractivity contribution in [3.8, 4) is 5.75 Å². The van der Waals surface area contributed by atoms with Crippen LogP contribution in [0.15, 0.2) is 42.5 Å². The number of carbonyl (C=O) groups excluding carboxylic acids is 1. The molecule has 31 heavy (non-hydrogen) atoms. The lowest BCUT2D eigenvalue weighted by atomic mass is 9.87. The van der Waals surface area contributed by atoms with Crippen molar-refractivity contribution in [2.24, 2.45) is 0 Å². The number of carbonyl (C=O) groups is 1. The first-order valence-electron chi connectivity index (χ1n) is 10.4. The molecule has 1 N–H and O–H groups in total. The molecule has 0 aliphatic carbocycles. The van der Waals surface area contributed by atoms with Gasteiger partial charge < -0.3 is 10.1 Å². The van der Waals surface area contributed by atoms with Crippen LogP contribution in [0.4, 0.5) is 5.69 Å². The molecule has 1 amide bonds. The zero-order valence-corrected chi connectivity index (χ0v) is 20.3. The highest BCUT2D eigenvalue weighted by atomic mass is 32.2. The van der Waals surface area contributed by atoms with Crippen molar-refractivity contribution in [3.63, 3.8) is 0 Å². The Balaban J connectivity index is 1.98. The number of amides is 1. The molecule has 2 aromatic carbocycles. The molecule has 2 aromatic rings. The molecule has 0 saturated carbocycles. The SMILES string of the molecule is Cc1cc(C)cc(N([C@@H](C)C(=O)NCCOc2ccc(C(C)(C)C)cc2)S(C)(=O)=O)c1. The third-order valence-corrected chi connectivity index (χ3v) is 6.18. The summed E-state index contributed by atoms with van der Waals surface area (Å²) in [7, 11) is -3.64. The van der Waals surface area contributed by atoms with Gasteiger partial charge in [0, 0.05) is 0 Å². The summed E-state index contributed by atoms with van der Waals surface area (Å²) in [5.74, 6) is 0.347. The van der Waals surface area contributed by atoms with E-state index in [9.17, 15) is 13.2 Å². The largest absolute Gasteiger partial charge is 0.492 e. The maximum atomic E-state index is 12.7. The molecule has 0 radical (unpaired) electrons. The predicted octanol–water partition coefficient (Wildman–Crippen LogP) is 3.95. The zero-order chi connectivity index (χ0) is 23.4. The molecule has 0 saturated heterocycles. The number of aryl methyl sites for hydroxylation is 2. The first kappa shape index (κ1) is 24.7. The lowest BCUT2D eigenvalue weighted by Crippen LogP contribution is -2.48. The molecule has 0 fully saturated rings. The molecule has 0 unspecified atom stereocenters. The molecule has 2 rings (SSSR count). The van der Waals surface area contributed by atoms with E-state index in [1.54, 1.807) is 19.1 Å². The fourth-order valence-corrected chi connectivity index (χ4v) is 4.59. The van der Waals surface area contributed by atoms with Crippen LogP contribution >= 0.6 is 0 Å². The summed E-state index contributed by atoms with van der Waals surface area (Å²) in [6.45, 7) is 12.4. The van der Waals surface area contributed by atoms with Crippen LogP contribution in [0.25, 0.3) is 0 Å². The second-order valence-electron chi connectivity index (χ2n) is 8.99. The van der Waals surface area contributed by atoms with E-state index in [-0.39, 0.29) is 24.5 Å². The number of sulfonamides is 1. The van der Waals surface area contributed by atoms with Crippen LogP contribution in [0.1, 0.15) is 44.4 Å².